The summed E-state index contributed by atoms with van der Waals surface area (Å²) in [5.74, 6) is -1.13. The molecule has 1 aliphatic rings. The predicted octanol–water partition coefficient (Wildman–Crippen LogP) is 0.252. The van der Waals surface area contributed by atoms with Gasteiger partial charge in [0, 0.05) is 19.1 Å². The Hall–Kier alpha value is -1.47. The molecule has 6 nitrogen and oxygen atoms in total. The van der Waals surface area contributed by atoms with Crippen LogP contribution in [0.4, 0.5) is 0 Å². The van der Waals surface area contributed by atoms with E-state index in [1.54, 1.807) is 11.8 Å². The van der Waals surface area contributed by atoms with Gasteiger partial charge < -0.3 is 15.7 Å². The maximum atomic E-state index is 12.0. The average molecular weight is 269 g/mol. The Balaban J connectivity index is 2.09. The maximum absolute atomic E-state index is 12.0. The van der Waals surface area contributed by atoms with Crippen molar-refractivity contribution in [2.75, 3.05) is 13.1 Å². The fraction of sp³-hybridized carbons (Fsp3) is 0.545. The van der Waals surface area contributed by atoms with Crippen molar-refractivity contribution in [1.29, 1.82) is 0 Å². The van der Waals surface area contributed by atoms with Crippen LogP contribution in [-0.2, 0) is 11.2 Å². The first kappa shape index (κ1) is 13.0. The topological polar surface area (TPSA) is 96.5 Å². The van der Waals surface area contributed by atoms with Gasteiger partial charge in [-0.05, 0) is 13.3 Å². The van der Waals surface area contributed by atoms with Gasteiger partial charge in [0.05, 0.1) is 17.1 Å². The monoisotopic (exact) mass is 269 g/mol. The number of aryl methyl sites for hydroxylation is 1. The summed E-state index contributed by atoms with van der Waals surface area (Å²) < 4.78 is 0. The number of carbonyl (C=O) groups excluding carboxylic acids is 1. The van der Waals surface area contributed by atoms with Crippen molar-refractivity contribution in [2.45, 2.75) is 25.8 Å². The van der Waals surface area contributed by atoms with Gasteiger partial charge in [-0.2, -0.15) is 0 Å². The lowest BCUT2D eigenvalue weighted by Crippen LogP contribution is -2.33. The number of carbonyl (C=O) groups is 2. The molecule has 1 aromatic rings. The standard InChI is InChI=1S/C11H15N3O3S/c1-6-13-8(10(18-6)11(16)17)4-9(15)14-3-2-7(12)5-14/h7H,2-5,12H2,1H3,(H,16,17). The number of thiazole rings is 1. The first-order valence-corrected chi connectivity index (χ1v) is 6.52. The van der Waals surface area contributed by atoms with E-state index in [1.165, 1.54) is 0 Å². The Kier molecular flexibility index (Phi) is 3.63. The van der Waals surface area contributed by atoms with E-state index in [0.717, 1.165) is 17.8 Å². The van der Waals surface area contributed by atoms with Gasteiger partial charge in [-0.1, -0.05) is 0 Å². The van der Waals surface area contributed by atoms with Gasteiger partial charge in [0.2, 0.25) is 5.91 Å². The molecule has 7 heteroatoms. The van der Waals surface area contributed by atoms with E-state index in [9.17, 15) is 9.59 Å². The van der Waals surface area contributed by atoms with Crippen LogP contribution in [0.15, 0.2) is 0 Å². The van der Waals surface area contributed by atoms with Gasteiger partial charge in [-0.25, -0.2) is 9.78 Å². The van der Waals surface area contributed by atoms with Gasteiger partial charge in [0.15, 0.2) is 0 Å². The van der Waals surface area contributed by atoms with Crippen LogP contribution in [-0.4, -0.2) is 46.0 Å². The number of hydrogen-bond acceptors (Lipinski definition) is 5. The number of aromatic carboxylic acids is 1. The zero-order valence-electron chi connectivity index (χ0n) is 10.0. The van der Waals surface area contributed by atoms with Crippen molar-refractivity contribution < 1.29 is 14.7 Å². The van der Waals surface area contributed by atoms with Gasteiger partial charge in [-0.15, -0.1) is 11.3 Å². The van der Waals surface area contributed by atoms with Crippen molar-refractivity contribution in [3.05, 3.63) is 15.6 Å². The fourth-order valence-corrected chi connectivity index (χ4v) is 2.80. The minimum absolute atomic E-state index is 0.0325. The fourth-order valence-electron chi connectivity index (χ4n) is 2.03. The number of carboxylic acids is 1. The number of likely N-dealkylation sites (tertiary alicyclic amines) is 1. The highest BCUT2D eigenvalue weighted by Crippen LogP contribution is 2.19. The van der Waals surface area contributed by atoms with Gasteiger partial charge in [-0.3, -0.25) is 4.79 Å². The molecule has 98 valence electrons. The van der Waals surface area contributed by atoms with Crippen molar-refractivity contribution in [1.82, 2.24) is 9.88 Å². The Morgan fingerprint density at radius 2 is 2.33 bits per heavy atom. The summed E-state index contributed by atoms with van der Waals surface area (Å²) in [6.45, 7) is 2.92. The molecule has 2 rings (SSSR count). The zero-order chi connectivity index (χ0) is 13.3. The molecule has 1 amide bonds. The molecular formula is C11H15N3O3S. The Morgan fingerprint density at radius 1 is 1.61 bits per heavy atom. The number of aromatic nitrogens is 1. The first-order chi connectivity index (χ1) is 8.47. The number of carboxylic acid groups (broad SMARTS) is 1. The lowest BCUT2D eigenvalue weighted by molar-refractivity contribution is -0.129. The van der Waals surface area contributed by atoms with E-state index in [2.05, 4.69) is 4.98 Å². The number of nitrogens with two attached hydrogens (primary N) is 1. The van der Waals surface area contributed by atoms with E-state index in [1.807, 2.05) is 0 Å². The van der Waals surface area contributed by atoms with Crippen LogP contribution in [0.1, 0.15) is 26.8 Å². The summed E-state index contributed by atoms with van der Waals surface area (Å²) in [6.07, 6.45) is 0.840. The lowest BCUT2D eigenvalue weighted by Gasteiger charge is -2.14. The summed E-state index contributed by atoms with van der Waals surface area (Å²) in [5, 5.41) is 9.69. The Bertz CT molecular complexity index is 486. The molecule has 1 aliphatic heterocycles. The minimum atomic E-state index is -1.03. The lowest BCUT2D eigenvalue weighted by atomic mass is 10.2. The van der Waals surface area contributed by atoms with Gasteiger partial charge >= 0.3 is 5.97 Å². The van der Waals surface area contributed by atoms with Crippen LogP contribution in [0.25, 0.3) is 0 Å². The molecule has 0 saturated carbocycles. The highest BCUT2D eigenvalue weighted by atomic mass is 32.1. The molecule has 0 spiro atoms. The van der Waals surface area contributed by atoms with E-state index in [-0.39, 0.29) is 23.2 Å². The van der Waals surface area contributed by atoms with Crippen LogP contribution >= 0.6 is 11.3 Å². The molecule has 1 saturated heterocycles. The molecule has 0 aromatic carbocycles. The van der Waals surface area contributed by atoms with E-state index in [4.69, 9.17) is 10.8 Å². The smallest absolute Gasteiger partial charge is 0.347 e. The van der Waals surface area contributed by atoms with E-state index >= 15 is 0 Å². The van der Waals surface area contributed by atoms with Crippen LogP contribution in [0.2, 0.25) is 0 Å². The molecule has 0 radical (unpaired) electrons. The van der Waals surface area contributed by atoms with Crippen molar-refractivity contribution in [2.24, 2.45) is 5.73 Å². The molecule has 3 N–H and O–H groups in total. The van der Waals surface area contributed by atoms with Crippen molar-refractivity contribution in [3.8, 4) is 0 Å². The van der Waals surface area contributed by atoms with Crippen LogP contribution in [0.3, 0.4) is 0 Å². The third-order valence-corrected chi connectivity index (χ3v) is 3.90. The number of amides is 1. The Labute approximate surface area is 108 Å². The van der Waals surface area contributed by atoms with Crippen molar-refractivity contribution >= 4 is 23.2 Å². The normalized spacial score (nSPS) is 19.2. The van der Waals surface area contributed by atoms with Crippen LogP contribution < -0.4 is 5.73 Å². The second kappa shape index (κ2) is 5.03. The molecule has 2 heterocycles. The summed E-state index contributed by atoms with van der Waals surface area (Å²) in [7, 11) is 0. The molecule has 1 fully saturated rings. The third kappa shape index (κ3) is 2.68. The first-order valence-electron chi connectivity index (χ1n) is 5.70. The molecular weight excluding hydrogens is 254 g/mol. The maximum Gasteiger partial charge on any atom is 0.347 e. The van der Waals surface area contributed by atoms with Gasteiger partial charge in [0.1, 0.15) is 4.88 Å². The number of nitrogens with zero attached hydrogens (tertiary/aromatic N) is 2. The van der Waals surface area contributed by atoms with E-state index < -0.39 is 5.97 Å². The van der Waals surface area contributed by atoms with Gasteiger partial charge in [0.25, 0.3) is 0 Å². The molecule has 1 atom stereocenters. The third-order valence-electron chi connectivity index (χ3n) is 2.89. The molecule has 18 heavy (non-hydrogen) atoms. The molecule has 1 aromatic heterocycles. The highest BCUT2D eigenvalue weighted by molar-refractivity contribution is 7.13. The summed E-state index contributed by atoms with van der Waals surface area (Å²) >= 11 is 1.10. The minimum Gasteiger partial charge on any atom is -0.477 e. The van der Waals surface area contributed by atoms with Crippen LogP contribution in [0.5, 0.6) is 0 Å². The number of hydrogen-bond donors (Lipinski definition) is 2. The number of rotatable bonds is 3. The van der Waals surface area contributed by atoms with E-state index in [0.29, 0.717) is 23.8 Å². The van der Waals surface area contributed by atoms with Crippen LogP contribution in [0, 0.1) is 6.92 Å². The van der Waals surface area contributed by atoms with Crippen molar-refractivity contribution in [3.63, 3.8) is 0 Å². The second-order valence-electron chi connectivity index (χ2n) is 4.38. The molecule has 0 aliphatic carbocycles. The molecule has 1 unspecified atom stereocenters. The quantitative estimate of drug-likeness (QED) is 0.820. The highest BCUT2D eigenvalue weighted by Gasteiger charge is 2.26. The average Bonchev–Trinajstić information content (AvgIpc) is 2.85. The summed E-state index contributed by atoms with van der Waals surface area (Å²) in [4.78, 5) is 29.0. The zero-order valence-corrected chi connectivity index (χ0v) is 10.9. The largest absolute Gasteiger partial charge is 0.477 e. The summed E-state index contributed by atoms with van der Waals surface area (Å²) in [5.41, 5.74) is 6.09. The second-order valence-corrected chi connectivity index (χ2v) is 5.58. The molecule has 0 bridgehead atoms. The summed E-state index contributed by atoms with van der Waals surface area (Å²) in [6, 6.07) is 0.0325. The Morgan fingerprint density at radius 3 is 2.89 bits per heavy atom. The predicted molar refractivity (Wildman–Crippen MR) is 66.7 cm³/mol. The SMILES string of the molecule is Cc1nc(CC(=O)N2CCC(N)C2)c(C(=O)O)s1.